The van der Waals surface area contributed by atoms with Crippen LogP contribution < -0.4 is 4.90 Å². The molecule has 4 rings (SSSR count). The molecule has 1 fully saturated rings. The van der Waals surface area contributed by atoms with Crippen LogP contribution in [0.1, 0.15) is 17.2 Å². The van der Waals surface area contributed by atoms with Crippen LogP contribution in [0.2, 0.25) is 10.0 Å². The lowest BCUT2D eigenvalue weighted by molar-refractivity contribution is -0.132. The number of benzene rings is 3. The molecule has 4 nitrogen and oxygen atoms in total. The number of rotatable bonds is 3. The Hall–Kier alpha value is -3.22. The molecule has 0 saturated carbocycles. The number of anilines is 1. The Morgan fingerprint density at radius 1 is 0.903 bits per heavy atom. The Morgan fingerprint density at radius 3 is 2.23 bits per heavy atom. The summed E-state index contributed by atoms with van der Waals surface area (Å²) in [6, 6.07) is 13.3. The second-order valence-corrected chi connectivity index (χ2v) is 7.61. The van der Waals surface area contributed by atoms with Gasteiger partial charge in [-0.25, -0.2) is 8.78 Å². The highest BCUT2D eigenvalue weighted by Gasteiger charge is 2.47. The SMILES string of the molecule is O=C1C(=O)N(c2ccc(Cl)c(Cl)c2)C(c2ccccc2F)/C1=C(\O)c1ccc(F)cc1. The predicted octanol–water partition coefficient (Wildman–Crippen LogP) is 5.90. The van der Waals surface area contributed by atoms with E-state index in [1.54, 1.807) is 6.07 Å². The second-order valence-electron chi connectivity index (χ2n) is 6.80. The molecule has 1 heterocycles. The Morgan fingerprint density at radius 2 is 1.58 bits per heavy atom. The molecule has 0 spiro atoms. The Balaban J connectivity index is 1.98. The van der Waals surface area contributed by atoms with Crippen molar-refractivity contribution >= 4 is 46.3 Å². The van der Waals surface area contributed by atoms with Crippen molar-refractivity contribution in [3.63, 3.8) is 0 Å². The van der Waals surface area contributed by atoms with Gasteiger partial charge < -0.3 is 5.11 Å². The lowest BCUT2D eigenvalue weighted by Gasteiger charge is -2.26. The molecule has 31 heavy (non-hydrogen) atoms. The summed E-state index contributed by atoms with van der Waals surface area (Å²) in [4.78, 5) is 27.0. The van der Waals surface area contributed by atoms with Crippen LogP contribution in [0.15, 0.2) is 72.3 Å². The lowest BCUT2D eigenvalue weighted by Crippen LogP contribution is -2.29. The smallest absolute Gasteiger partial charge is 0.300 e. The summed E-state index contributed by atoms with van der Waals surface area (Å²) in [5, 5.41) is 11.2. The van der Waals surface area contributed by atoms with E-state index >= 15 is 0 Å². The molecule has 1 aliphatic rings. The quantitative estimate of drug-likeness (QED) is 0.301. The first-order chi connectivity index (χ1) is 14.8. The number of carbonyl (C=O) groups excluding carboxylic acids is 2. The van der Waals surface area contributed by atoms with Crippen molar-refractivity contribution in [2.24, 2.45) is 0 Å². The van der Waals surface area contributed by atoms with E-state index in [2.05, 4.69) is 0 Å². The van der Waals surface area contributed by atoms with Gasteiger partial charge >= 0.3 is 0 Å². The molecule has 0 aromatic heterocycles. The molecule has 1 unspecified atom stereocenters. The van der Waals surface area contributed by atoms with Crippen molar-refractivity contribution in [1.82, 2.24) is 0 Å². The third kappa shape index (κ3) is 3.69. The van der Waals surface area contributed by atoms with Crippen LogP contribution in [0.4, 0.5) is 14.5 Å². The fraction of sp³-hybridized carbons (Fsp3) is 0.0435. The van der Waals surface area contributed by atoms with Gasteiger partial charge in [0.05, 0.1) is 21.7 Å². The zero-order valence-electron chi connectivity index (χ0n) is 15.7. The van der Waals surface area contributed by atoms with E-state index in [0.717, 1.165) is 17.0 Å². The van der Waals surface area contributed by atoms with Gasteiger partial charge in [-0.15, -0.1) is 0 Å². The topological polar surface area (TPSA) is 57.6 Å². The van der Waals surface area contributed by atoms with Crippen molar-refractivity contribution in [3.8, 4) is 0 Å². The zero-order valence-corrected chi connectivity index (χ0v) is 17.2. The van der Waals surface area contributed by atoms with Crippen LogP contribution in [0.5, 0.6) is 0 Å². The van der Waals surface area contributed by atoms with E-state index in [-0.39, 0.29) is 32.4 Å². The number of ketones is 1. The van der Waals surface area contributed by atoms with Gasteiger partial charge in [0, 0.05) is 16.8 Å². The number of Topliss-reactive ketones (excluding diaryl/α,β-unsaturated/α-hetero) is 1. The van der Waals surface area contributed by atoms with E-state index in [9.17, 15) is 23.5 Å². The molecule has 1 atom stereocenters. The number of hydrogen-bond acceptors (Lipinski definition) is 3. The average molecular weight is 460 g/mol. The van der Waals surface area contributed by atoms with Gasteiger partial charge in [-0.3, -0.25) is 14.5 Å². The Kier molecular flexibility index (Phi) is 5.52. The second kappa shape index (κ2) is 8.13. The van der Waals surface area contributed by atoms with E-state index in [4.69, 9.17) is 23.2 Å². The molecule has 1 saturated heterocycles. The first-order valence-electron chi connectivity index (χ1n) is 9.06. The van der Waals surface area contributed by atoms with Crippen molar-refractivity contribution in [3.05, 3.63) is 105 Å². The average Bonchev–Trinajstić information content (AvgIpc) is 3.01. The van der Waals surface area contributed by atoms with Crippen LogP contribution in [0.25, 0.3) is 5.76 Å². The van der Waals surface area contributed by atoms with Gasteiger partial charge in [-0.2, -0.15) is 0 Å². The first kappa shape index (κ1) is 21.0. The molecular weight excluding hydrogens is 447 g/mol. The zero-order chi connectivity index (χ0) is 22.3. The van der Waals surface area contributed by atoms with Crippen molar-refractivity contribution in [2.45, 2.75) is 6.04 Å². The fourth-order valence-corrected chi connectivity index (χ4v) is 3.78. The number of aliphatic hydroxyl groups excluding tert-OH is 1. The van der Waals surface area contributed by atoms with Crippen LogP contribution in [-0.4, -0.2) is 16.8 Å². The molecule has 0 bridgehead atoms. The summed E-state index contributed by atoms with van der Waals surface area (Å²) in [5.41, 5.74) is -0.0259. The maximum absolute atomic E-state index is 14.8. The summed E-state index contributed by atoms with van der Waals surface area (Å²) in [6.45, 7) is 0. The standard InChI is InChI=1S/C23H13Cl2F2NO3/c24-16-10-9-14(11-17(16)25)28-20(15-3-1-2-4-18(15)27)19(22(30)23(28)31)21(29)12-5-7-13(26)8-6-12/h1-11,20,29H/b21-19+. The van der Waals surface area contributed by atoms with Crippen molar-refractivity contribution in [1.29, 1.82) is 0 Å². The minimum Gasteiger partial charge on any atom is -0.507 e. The number of halogens is 4. The minimum atomic E-state index is -1.27. The van der Waals surface area contributed by atoms with E-state index in [1.807, 2.05) is 0 Å². The van der Waals surface area contributed by atoms with Gasteiger partial charge in [-0.05, 0) is 48.5 Å². The van der Waals surface area contributed by atoms with Gasteiger partial charge in [0.1, 0.15) is 17.4 Å². The van der Waals surface area contributed by atoms with Gasteiger partial charge in [0.2, 0.25) is 0 Å². The highest BCUT2D eigenvalue weighted by molar-refractivity contribution is 6.52. The molecular formula is C23H13Cl2F2NO3. The largest absolute Gasteiger partial charge is 0.507 e. The van der Waals surface area contributed by atoms with Gasteiger partial charge in [-0.1, -0.05) is 41.4 Å². The van der Waals surface area contributed by atoms with Crippen LogP contribution >= 0.6 is 23.2 Å². The summed E-state index contributed by atoms with van der Waals surface area (Å²) in [5.74, 6) is -3.76. The third-order valence-electron chi connectivity index (χ3n) is 4.94. The molecule has 1 amide bonds. The maximum atomic E-state index is 14.8. The van der Waals surface area contributed by atoms with Crippen LogP contribution in [0.3, 0.4) is 0 Å². The molecule has 1 aliphatic heterocycles. The Labute approximate surface area is 185 Å². The molecule has 0 radical (unpaired) electrons. The molecule has 156 valence electrons. The first-order valence-corrected chi connectivity index (χ1v) is 9.81. The number of hydrogen-bond donors (Lipinski definition) is 1. The van der Waals surface area contributed by atoms with Crippen LogP contribution in [0, 0.1) is 11.6 Å². The maximum Gasteiger partial charge on any atom is 0.300 e. The van der Waals surface area contributed by atoms with Crippen molar-refractivity contribution in [2.75, 3.05) is 4.90 Å². The van der Waals surface area contributed by atoms with Crippen molar-refractivity contribution < 1.29 is 23.5 Å². The minimum absolute atomic E-state index is 0.00330. The normalized spacial score (nSPS) is 17.9. The van der Waals surface area contributed by atoms with Gasteiger partial charge in [0.15, 0.2) is 0 Å². The van der Waals surface area contributed by atoms with E-state index in [1.165, 1.54) is 48.5 Å². The molecule has 3 aromatic carbocycles. The fourth-order valence-electron chi connectivity index (χ4n) is 3.49. The molecule has 0 aliphatic carbocycles. The van der Waals surface area contributed by atoms with E-state index < -0.39 is 35.1 Å². The predicted molar refractivity (Wildman–Crippen MR) is 114 cm³/mol. The number of aliphatic hydroxyl groups is 1. The lowest BCUT2D eigenvalue weighted by atomic mass is 9.94. The highest BCUT2D eigenvalue weighted by Crippen LogP contribution is 2.43. The number of amides is 1. The van der Waals surface area contributed by atoms with E-state index in [0.29, 0.717) is 0 Å². The number of nitrogens with zero attached hydrogens (tertiary/aromatic N) is 1. The number of carbonyl (C=O) groups is 2. The molecule has 8 heteroatoms. The molecule has 3 aromatic rings. The van der Waals surface area contributed by atoms with Gasteiger partial charge in [0.25, 0.3) is 11.7 Å². The summed E-state index contributed by atoms with van der Waals surface area (Å²) in [6.07, 6.45) is 0. The summed E-state index contributed by atoms with van der Waals surface area (Å²) >= 11 is 12.0. The monoisotopic (exact) mass is 459 g/mol. The Bertz CT molecular complexity index is 1240. The summed E-state index contributed by atoms with van der Waals surface area (Å²) in [7, 11) is 0. The summed E-state index contributed by atoms with van der Waals surface area (Å²) < 4.78 is 28.1. The van der Waals surface area contributed by atoms with Crippen LogP contribution in [-0.2, 0) is 9.59 Å². The highest BCUT2D eigenvalue weighted by atomic mass is 35.5. The third-order valence-corrected chi connectivity index (χ3v) is 5.68. The molecule has 1 N–H and O–H groups in total.